The Morgan fingerprint density at radius 1 is 1.32 bits per heavy atom. The number of benzene rings is 1. The van der Waals surface area contributed by atoms with Gasteiger partial charge in [0.15, 0.2) is 0 Å². The van der Waals surface area contributed by atoms with Crippen LogP contribution in [-0.2, 0) is 4.74 Å². The van der Waals surface area contributed by atoms with Crippen LogP contribution in [-0.4, -0.2) is 63.2 Å². The molecule has 0 amide bonds. The minimum atomic E-state index is 0.330. The van der Waals surface area contributed by atoms with Crippen molar-refractivity contribution in [3.05, 3.63) is 29.8 Å². The van der Waals surface area contributed by atoms with Crippen molar-refractivity contribution < 1.29 is 4.74 Å². The van der Waals surface area contributed by atoms with Gasteiger partial charge in [0.1, 0.15) is 0 Å². The molecule has 1 unspecified atom stereocenters. The summed E-state index contributed by atoms with van der Waals surface area (Å²) in [6, 6.07) is 8.22. The van der Waals surface area contributed by atoms with Crippen LogP contribution in [0.2, 0.25) is 0 Å². The second-order valence-electron chi connectivity index (χ2n) is 5.54. The van der Waals surface area contributed by atoms with E-state index in [1.807, 2.05) is 12.1 Å². The first-order valence-corrected chi connectivity index (χ1v) is 8.53. The van der Waals surface area contributed by atoms with Crippen molar-refractivity contribution in [1.29, 1.82) is 0 Å². The highest BCUT2D eigenvalue weighted by Gasteiger charge is 2.16. The van der Waals surface area contributed by atoms with Crippen molar-refractivity contribution in [2.75, 3.05) is 32.0 Å². The summed E-state index contributed by atoms with van der Waals surface area (Å²) in [5.74, 6) is 0.971. The average molecular weight is 319 g/mol. The summed E-state index contributed by atoms with van der Waals surface area (Å²) in [6.07, 6.45) is 0.330. The number of thioether (sulfide) groups is 1. The number of hydrogen-bond donors (Lipinski definition) is 0. The highest BCUT2D eigenvalue weighted by atomic mass is 32.2. The van der Waals surface area contributed by atoms with E-state index in [-0.39, 0.29) is 0 Å². The molecule has 22 heavy (non-hydrogen) atoms. The molecule has 1 aliphatic rings. The Morgan fingerprint density at radius 3 is 2.91 bits per heavy atom. The van der Waals surface area contributed by atoms with Crippen LogP contribution in [0, 0.1) is 6.92 Å². The first-order chi connectivity index (χ1) is 10.7. The van der Waals surface area contributed by atoms with Crippen LogP contribution in [0.15, 0.2) is 29.4 Å². The summed E-state index contributed by atoms with van der Waals surface area (Å²) in [6.45, 7) is 8.06. The molecule has 118 valence electrons. The number of hydrogen-bond acceptors (Lipinski definition) is 6. The molecule has 1 aromatic heterocycles. The van der Waals surface area contributed by atoms with Gasteiger partial charge < -0.3 is 4.74 Å². The molecular weight excluding hydrogens is 298 g/mol. The van der Waals surface area contributed by atoms with Crippen molar-refractivity contribution >= 4 is 11.8 Å². The Hall–Kier alpha value is -1.44. The predicted molar refractivity (Wildman–Crippen MR) is 86.5 cm³/mol. The molecule has 0 saturated carbocycles. The molecule has 2 heterocycles. The molecule has 1 fully saturated rings. The van der Waals surface area contributed by atoms with E-state index in [0.29, 0.717) is 6.10 Å². The van der Waals surface area contributed by atoms with Crippen LogP contribution in [0.3, 0.4) is 0 Å². The lowest BCUT2D eigenvalue weighted by Gasteiger charge is -2.30. The molecule has 3 rings (SSSR count). The fourth-order valence-corrected chi connectivity index (χ4v) is 3.37. The lowest BCUT2D eigenvalue weighted by molar-refractivity contribution is -0.0158. The maximum absolute atomic E-state index is 5.56. The zero-order chi connectivity index (χ0) is 15.4. The molecule has 0 radical (unpaired) electrons. The number of morpholine rings is 1. The second kappa shape index (κ2) is 7.21. The highest BCUT2D eigenvalue weighted by molar-refractivity contribution is 7.99. The van der Waals surface area contributed by atoms with Crippen molar-refractivity contribution in [3.63, 3.8) is 0 Å². The van der Waals surface area contributed by atoms with Gasteiger partial charge in [-0.3, -0.25) is 4.90 Å². The number of aromatic nitrogens is 4. The Bertz CT molecular complexity index is 600. The summed E-state index contributed by atoms with van der Waals surface area (Å²) in [4.78, 5) is 2.43. The summed E-state index contributed by atoms with van der Waals surface area (Å²) >= 11 is 1.69. The van der Waals surface area contributed by atoms with Gasteiger partial charge in [0, 0.05) is 25.4 Å². The first kappa shape index (κ1) is 15.5. The van der Waals surface area contributed by atoms with Gasteiger partial charge in [0.05, 0.1) is 18.4 Å². The Balaban J connectivity index is 1.57. The van der Waals surface area contributed by atoms with Crippen LogP contribution in [0.5, 0.6) is 0 Å². The number of nitrogens with zero attached hydrogens (tertiary/aromatic N) is 5. The normalized spacial score (nSPS) is 19.5. The van der Waals surface area contributed by atoms with E-state index in [1.54, 1.807) is 16.4 Å². The summed E-state index contributed by atoms with van der Waals surface area (Å²) in [5.41, 5.74) is 2.23. The molecular formula is C15H21N5OS. The van der Waals surface area contributed by atoms with Gasteiger partial charge in [-0.1, -0.05) is 29.5 Å². The zero-order valence-electron chi connectivity index (χ0n) is 13.0. The average Bonchev–Trinajstić information content (AvgIpc) is 2.97. The van der Waals surface area contributed by atoms with Gasteiger partial charge in [0.2, 0.25) is 5.16 Å². The molecule has 1 aliphatic heterocycles. The SMILES string of the molecule is Cc1ccc(-n2nnnc2SCCN2CCOC(C)C2)cc1. The lowest BCUT2D eigenvalue weighted by atomic mass is 10.2. The molecule has 6 nitrogen and oxygen atoms in total. The Kier molecular flexibility index (Phi) is 5.07. The number of ether oxygens (including phenoxy) is 1. The van der Waals surface area contributed by atoms with E-state index in [9.17, 15) is 0 Å². The molecule has 2 aromatic rings. The van der Waals surface area contributed by atoms with Crippen LogP contribution in [0.4, 0.5) is 0 Å². The molecule has 0 N–H and O–H groups in total. The third kappa shape index (κ3) is 3.85. The van der Waals surface area contributed by atoms with E-state index < -0.39 is 0 Å². The van der Waals surface area contributed by atoms with E-state index in [4.69, 9.17) is 4.74 Å². The second-order valence-corrected chi connectivity index (χ2v) is 6.60. The van der Waals surface area contributed by atoms with Crippen molar-refractivity contribution in [3.8, 4) is 5.69 Å². The van der Waals surface area contributed by atoms with Gasteiger partial charge in [0.25, 0.3) is 0 Å². The zero-order valence-corrected chi connectivity index (χ0v) is 13.8. The predicted octanol–water partition coefficient (Wildman–Crippen LogP) is 1.78. The van der Waals surface area contributed by atoms with E-state index >= 15 is 0 Å². The third-order valence-corrected chi connectivity index (χ3v) is 4.58. The van der Waals surface area contributed by atoms with Gasteiger partial charge in [-0.05, 0) is 36.4 Å². The van der Waals surface area contributed by atoms with E-state index in [2.05, 4.69) is 46.4 Å². The minimum Gasteiger partial charge on any atom is -0.376 e. The summed E-state index contributed by atoms with van der Waals surface area (Å²) < 4.78 is 7.36. The fourth-order valence-electron chi connectivity index (χ4n) is 2.48. The molecule has 0 aliphatic carbocycles. The van der Waals surface area contributed by atoms with Gasteiger partial charge in [-0.2, -0.15) is 4.68 Å². The largest absolute Gasteiger partial charge is 0.376 e. The van der Waals surface area contributed by atoms with Crippen LogP contribution in [0.25, 0.3) is 5.69 Å². The van der Waals surface area contributed by atoms with Gasteiger partial charge in [-0.25, -0.2) is 0 Å². The first-order valence-electron chi connectivity index (χ1n) is 7.54. The molecule has 7 heteroatoms. The molecule has 1 saturated heterocycles. The Labute approximate surface area is 134 Å². The molecule has 1 atom stereocenters. The smallest absolute Gasteiger partial charge is 0.214 e. The highest BCUT2D eigenvalue weighted by Crippen LogP contribution is 2.19. The van der Waals surface area contributed by atoms with Crippen LogP contribution >= 0.6 is 11.8 Å². The topological polar surface area (TPSA) is 56.1 Å². The summed E-state index contributed by atoms with van der Waals surface area (Å²) in [7, 11) is 0. The summed E-state index contributed by atoms with van der Waals surface area (Å²) in [5, 5.41) is 12.9. The third-order valence-electron chi connectivity index (χ3n) is 3.68. The molecule has 0 spiro atoms. The fraction of sp³-hybridized carbons (Fsp3) is 0.533. The minimum absolute atomic E-state index is 0.330. The maximum atomic E-state index is 5.56. The number of rotatable bonds is 5. The monoisotopic (exact) mass is 319 g/mol. The van der Waals surface area contributed by atoms with E-state index in [1.165, 1.54) is 5.56 Å². The van der Waals surface area contributed by atoms with Gasteiger partial charge >= 0.3 is 0 Å². The lowest BCUT2D eigenvalue weighted by Crippen LogP contribution is -2.42. The standard InChI is InChI=1S/C15H21N5OS/c1-12-3-5-14(6-4-12)20-15(16-17-18-20)22-10-8-19-7-9-21-13(2)11-19/h3-6,13H,7-11H2,1-2H3. The van der Waals surface area contributed by atoms with E-state index in [0.717, 1.165) is 42.8 Å². The molecule has 1 aromatic carbocycles. The maximum Gasteiger partial charge on any atom is 0.214 e. The van der Waals surface area contributed by atoms with Crippen molar-refractivity contribution in [2.24, 2.45) is 0 Å². The van der Waals surface area contributed by atoms with Crippen molar-refractivity contribution in [1.82, 2.24) is 25.1 Å². The van der Waals surface area contributed by atoms with Crippen LogP contribution in [0.1, 0.15) is 12.5 Å². The quantitative estimate of drug-likeness (QED) is 0.783. The Morgan fingerprint density at radius 2 is 2.14 bits per heavy atom. The van der Waals surface area contributed by atoms with Crippen molar-refractivity contribution in [2.45, 2.75) is 25.1 Å². The molecule has 0 bridgehead atoms. The van der Waals surface area contributed by atoms with Crippen LogP contribution < -0.4 is 0 Å². The van der Waals surface area contributed by atoms with Gasteiger partial charge in [-0.15, -0.1) is 5.10 Å². The number of tetrazole rings is 1. The number of aryl methyl sites for hydroxylation is 1.